The normalized spacial score (nSPS) is 15.2. The van der Waals surface area contributed by atoms with Gasteiger partial charge in [-0.15, -0.1) is 0 Å². The lowest BCUT2D eigenvalue weighted by molar-refractivity contribution is 0.311. The van der Waals surface area contributed by atoms with Crippen LogP contribution in [0.15, 0.2) is 0 Å². The molecule has 0 aromatic carbocycles. The van der Waals surface area contributed by atoms with Crippen LogP contribution in [-0.4, -0.2) is 49.1 Å². The molecule has 0 rings (SSSR count). The van der Waals surface area contributed by atoms with E-state index in [2.05, 4.69) is 20.8 Å². The van der Waals surface area contributed by atoms with Crippen molar-refractivity contribution in [2.45, 2.75) is 44.8 Å². The highest BCUT2D eigenvalue weighted by molar-refractivity contribution is 6.69. The Balaban J connectivity index is 3.58. The molecule has 0 aliphatic rings. The Kier molecular flexibility index (Phi) is 14.0. The van der Waals surface area contributed by atoms with Crippen molar-refractivity contribution in [1.82, 2.24) is 0 Å². The van der Waals surface area contributed by atoms with Gasteiger partial charge in [-0.2, -0.15) is 0 Å². The van der Waals surface area contributed by atoms with Crippen molar-refractivity contribution < 1.29 is 13.3 Å². The summed E-state index contributed by atoms with van der Waals surface area (Å²) in [5.74, 6) is 0. The van der Waals surface area contributed by atoms with Crippen LogP contribution in [-0.2, 0) is 13.3 Å². The van der Waals surface area contributed by atoms with Crippen LogP contribution in [0.3, 0.4) is 0 Å². The lowest BCUT2D eigenvalue weighted by Crippen LogP contribution is -2.25. The summed E-state index contributed by atoms with van der Waals surface area (Å²) in [4.78, 5) is 0.796. The fourth-order valence-corrected chi connectivity index (χ4v) is 7.85. The maximum absolute atomic E-state index is 5.75. The molecule has 98 valence electrons. The number of hydrogen-bond donors (Lipinski definition) is 0. The summed E-state index contributed by atoms with van der Waals surface area (Å²) in [5.41, 5.74) is 0. The minimum absolute atomic E-state index is 0.368. The Bertz CT molecular complexity index is 115. The largest absolute Gasteiger partial charge is 0.424 e. The minimum Gasteiger partial charge on any atom is -0.424 e. The highest BCUT2D eigenvalue weighted by Crippen LogP contribution is 2.02. The quantitative estimate of drug-likeness (QED) is 0.378. The molecule has 0 aromatic heterocycles. The molecule has 16 heavy (non-hydrogen) atoms. The van der Waals surface area contributed by atoms with E-state index in [9.17, 15) is 0 Å². The van der Waals surface area contributed by atoms with Crippen molar-refractivity contribution in [2.75, 3.05) is 19.8 Å². The SMILES string of the molecule is CCCO[SiH2]C([SiH2]OCCC)[SiH2]OCCC. The fraction of sp³-hybridized carbons (Fsp3) is 1.00. The lowest BCUT2D eigenvalue weighted by Gasteiger charge is -2.15. The van der Waals surface area contributed by atoms with Gasteiger partial charge >= 0.3 is 0 Å². The van der Waals surface area contributed by atoms with E-state index < -0.39 is 0 Å². The van der Waals surface area contributed by atoms with Gasteiger partial charge in [0, 0.05) is 24.6 Å². The van der Waals surface area contributed by atoms with Gasteiger partial charge in [0.15, 0.2) is 29.3 Å². The van der Waals surface area contributed by atoms with E-state index in [4.69, 9.17) is 13.3 Å². The van der Waals surface area contributed by atoms with E-state index in [1.165, 1.54) is 0 Å². The van der Waals surface area contributed by atoms with Gasteiger partial charge in [-0.05, 0) is 19.3 Å². The Hall–Kier alpha value is 0.531. The first-order chi connectivity index (χ1) is 7.85. The van der Waals surface area contributed by atoms with Crippen LogP contribution in [0.1, 0.15) is 40.0 Å². The Labute approximate surface area is 107 Å². The topological polar surface area (TPSA) is 27.7 Å². The molecule has 0 spiro atoms. The van der Waals surface area contributed by atoms with Gasteiger partial charge in [-0.25, -0.2) is 0 Å². The molecule has 0 radical (unpaired) electrons. The molecule has 0 aliphatic carbocycles. The predicted octanol–water partition coefficient (Wildman–Crippen LogP) is 0.221. The number of hydrogen-bond acceptors (Lipinski definition) is 3. The third kappa shape index (κ3) is 11.0. The molecular weight excluding hydrogens is 252 g/mol. The molecule has 3 nitrogen and oxygen atoms in total. The van der Waals surface area contributed by atoms with Crippen LogP contribution in [0.2, 0.25) is 4.79 Å². The highest BCUT2D eigenvalue weighted by Gasteiger charge is 2.12. The van der Waals surface area contributed by atoms with E-state index >= 15 is 0 Å². The summed E-state index contributed by atoms with van der Waals surface area (Å²) < 4.78 is 17.3. The Morgan fingerprint density at radius 3 is 1.25 bits per heavy atom. The molecule has 0 atom stereocenters. The zero-order valence-electron chi connectivity index (χ0n) is 11.2. The predicted molar refractivity (Wildman–Crippen MR) is 78.1 cm³/mol. The van der Waals surface area contributed by atoms with E-state index in [0.717, 1.165) is 43.9 Å². The molecule has 0 unspecified atom stereocenters. The third-order valence-electron chi connectivity index (χ3n) is 2.11. The van der Waals surface area contributed by atoms with Crippen LogP contribution in [0.25, 0.3) is 0 Å². The van der Waals surface area contributed by atoms with Gasteiger partial charge in [0.1, 0.15) is 0 Å². The van der Waals surface area contributed by atoms with Gasteiger partial charge < -0.3 is 13.3 Å². The summed E-state index contributed by atoms with van der Waals surface area (Å²) in [7, 11) is -1.10. The highest BCUT2D eigenvalue weighted by atomic mass is 28.4. The molecule has 0 aromatic rings. The van der Waals surface area contributed by atoms with Crippen LogP contribution in [0, 0.1) is 0 Å². The van der Waals surface area contributed by atoms with E-state index in [0.29, 0.717) is 0 Å². The Morgan fingerprint density at radius 2 is 1.00 bits per heavy atom. The average molecular weight is 281 g/mol. The fourth-order valence-electron chi connectivity index (χ4n) is 1.33. The van der Waals surface area contributed by atoms with Crippen molar-refractivity contribution in [3.63, 3.8) is 0 Å². The first-order valence-electron chi connectivity index (χ1n) is 6.58. The molecule has 6 heteroatoms. The zero-order valence-corrected chi connectivity index (χ0v) is 15.4. The first-order valence-corrected chi connectivity index (χ1v) is 10.8. The first kappa shape index (κ1) is 16.5. The summed E-state index contributed by atoms with van der Waals surface area (Å²) >= 11 is 0. The maximum atomic E-state index is 5.75. The molecule has 0 fully saturated rings. The van der Waals surface area contributed by atoms with Crippen molar-refractivity contribution in [1.29, 1.82) is 0 Å². The molecule has 0 N–H and O–H groups in total. The molecule has 0 saturated heterocycles. The molecular formula is C10H28O3Si3. The van der Waals surface area contributed by atoms with Gasteiger partial charge in [-0.3, -0.25) is 0 Å². The summed E-state index contributed by atoms with van der Waals surface area (Å²) in [6, 6.07) is 0. The van der Waals surface area contributed by atoms with Gasteiger partial charge in [-0.1, -0.05) is 20.8 Å². The molecule has 0 heterocycles. The second-order valence-electron chi connectivity index (χ2n) is 4.09. The van der Waals surface area contributed by atoms with Crippen molar-refractivity contribution in [2.24, 2.45) is 0 Å². The summed E-state index contributed by atoms with van der Waals surface area (Å²) in [6.45, 7) is 9.31. The summed E-state index contributed by atoms with van der Waals surface area (Å²) in [5, 5.41) is 0. The average Bonchev–Trinajstić information content (AvgIpc) is 2.29. The van der Waals surface area contributed by atoms with Crippen molar-refractivity contribution in [3.05, 3.63) is 0 Å². The summed E-state index contributed by atoms with van der Waals surface area (Å²) in [6.07, 6.45) is 3.40. The van der Waals surface area contributed by atoms with Gasteiger partial charge in [0.05, 0.1) is 0 Å². The van der Waals surface area contributed by atoms with Crippen LogP contribution >= 0.6 is 0 Å². The van der Waals surface area contributed by atoms with Crippen molar-refractivity contribution in [3.8, 4) is 0 Å². The molecule has 0 saturated carbocycles. The molecule has 0 aliphatic heterocycles. The minimum atomic E-state index is -0.368. The van der Waals surface area contributed by atoms with Gasteiger partial charge in [0.25, 0.3) is 0 Å². The maximum Gasteiger partial charge on any atom is 0.162 e. The third-order valence-corrected chi connectivity index (χ3v) is 9.34. The van der Waals surface area contributed by atoms with E-state index in [1.807, 2.05) is 0 Å². The van der Waals surface area contributed by atoms with Crippen LogP contribution in [0.4, 0.5) is 0 Å². The molecule has 0 bridgehead atoms. The van der Waals surface area contributed by atoms with Crippen LogP contribution < -0.4 is 0 Å². The second kappa shape index (κ2) is 13.6. The standard InChI is InChI=1S/C10H28O3Si3/c1-4-7-11-14-10(15-12-8-5-2)16-13-9-6-3/h10H,4-9,14-16H2,1-3H3. The monoisotopic (exact) mass is 280 g/mol. The smallest absolute Gasteiger partial charge is 0.162 e. The van der Waals surface area contributed by atoms with E-state index in [-0.39, 0.29) is 29.3 Å². The van der Waals surface area contributed by atoms with Crippen molar-refractivity contribution >= 4 is 29.3 Å². The zero-order chi connectivity index (χ0) is 12.1. The Morgan fingerprint density at radius 1 is 0.688 bits per heavy atom. The van der Waals surface area contributed by atoms with E-state index in [1.54, 1.807) is 0 Å². The lowest BCUT2D eigenvalue weighted by atomic mass is 10.5. The number of rotatable bonds is 12. The second-order valence-corrected chi connectivity index (χ2v) is 13.2. The van der Waals surface area contributed by atoms with Gasteiger partial charge in [0.2, 0.25) is 0 Å². The molecule has 0 amide bonds. The van der Waals surface area contributed by atoms with Crippen LogP contribution in [0.5, 0.6) is 0 Å².